The smallest absolute Gasteiger partial charge is 0.249 e. The number of aliphatic hydroxyl groups is 4. The number of hydrogen-bond acceptors (Lipinski definition) is 5. The van der Waals surface area contributed by atoms with Crippen molar-refractivity contribution in [2.75, 3.05) is 6.61 Å². The average Bonchev–Trinajstić information content (AvgIpc) is 3.09. The first-order valence-electron chi connectivity index (χ1n) is 20.7. The van der Waals surface area contributed by atoms with Crippen molar-refractivity contribution in [2.45, 2.75) is 231 Å². The highest BCUT2D eigenvalue weighted by Gasteiger charge is 2.28. The van der Waals surface area contributed by atoms with Crippen LogP contribution in [-0.4, -0.2) is 57.3 Å². The topological polar surface area (TPSA) is 110 Å². The van der Waals surface area contributed by atoms with Crippen LogP contribution in [0.1, 0.15) is 206 Å². The zero-order valence-corrected chi connectivity index (χ0v) is 31.7. The lowest BCUT2D eigenvalue weighted by atomic mass is 10.00. The van der Waals surface area contributed by atoms with Gasteiger partial charge in [-0.05, 0) is 57.8 Å². The van der Waals surface area contributed by atoms with Gasteiger partial charge in [0.25, 0.3) is 0 Å². The molecule has 4 atom stereocenters. The van der Waals surface area contributed by atoms with E-state index in [0.717, 1.165) is 38.5 Å². The summed E-state index contributed by atoms with van der Waals surface area (Å²) in [6, 6.07) is -0.998. The van der Waals surface area contributed by atoms with Crippen molar-refractivity contribution in [3.8, 4) is 0 Å². The predicted molar refractivity (Wildman–Crippen MR) is 205 cm³/mol. The fourth-order valence-corrected chi connectivity index (χ4v) is 6.27. The van der Waals surface area contributed by atoms with Gasteiger partial charge in [-0.2, -0.15) is 0 Å². The fraction of sp³-hybridized carbons (Fsp3) is 0.881. The van der Waals surface area contributed by atoms with E-state index in [1.54, 1.807) is 0 Å². The van der Waals surface area contributed by atoms with E-state index in [-0.39, 0.29) is 0 Å². The van der Waals surface area contributed by atoms with Gasteiger partial charge in [0.05, 0.1) is 18.8 Å². The number of aliphatic hydroxyl groups excluding tert-OH is 4. The summed E-state index contributed by atoms with van der Waals surface area (Å²) in [7, 11) is 0. The first kappa shape index (κ1) is 46.8. The molecule has 0 saturated carbocycles. The van der Waals surface area contributed by atoms with Gasteiger partial charge in [0, 0.05) is 0 Å². The summed E-state index contributed by atoms with van der Waals surface area (Å²) in [5.74, 6) is -0.599. The summed E-state index contributed by atoms with van der Waals surface area (Å²) in [5.41, 5.74) is 0. The van der Waals surface area contributed by atoms with Crippen LogP contribution in [0.25, 0.3) is 0 Å². The van der Waals surface area contributed by atoms with Crippen LogP contribution in [0.2, 0.25) is 0 Å². The molecule has 0 saturated heterocycles. The molecule has 6 heteroatoms. The minimum Gasteiger partial charge on any atom is -0.394 e. The van der Waals surface area contributed by atoms with Gasteiger partial charge in [-0.1, -0.05) is 173 Å². The van der Waals surface area contributed by atoms with Gasteiger partial charge in [0.1, 0.15) is 12.2 Å². The molecule has 0 aliphatic carbocycles. The van der Waals surface area contributed by atoms with Gasteiger partial charge in [0.15, 0.2) is 0 Å². The molecule has 1 amide bonds. The van der Waals surface area contributed by atoms with Crippen molar-refractivity contribution in [3.05, 3.63) is 24.3 Å². The maximum absolute atomic E-state index is 12.4. The van der Waals surface area contributed by atoms with Gasteiger partial charge in [0.2, 0.25) is 5.91 Å². The maximum atomic E-state index is 12.4. The molecule has 0 aromatic heterocycles. The number of rotatable bonds is 37. The summed E-state index contributed by atoms with van der Waals surface area (Å²) in [6.07, 6.45) is 41.0. The molecule has 0 fully saturated rings. The SMILES string of the molecule is CCCC/C=C/CCCC(O)C(O)C(CO)NC(=O)C(O)CCCCCCCCCCC/C=C\CCCCCCCCCCCCCC. The molecule has 0 aliphatic rings. The normalized spacial score (nSPS) is 14.5. The van der Waals surface area contributed by atoms with E-state index in [4.69, 9.17) is 0 Å². The van der Waals surface area contributed by atoms with Crippen molar-refractivity contribution in [1.29, 1.82) is 0 Å². The molecule has 48 heavy (non-hydrogen) atoms. The van der Waals surface area contributed by atoms with Gasteiger partial charge in [-0.15, -0.1) is 0 Å². The Balaban J connectivity index is 3.63. The molecule has 284 valence electrons. The Morgan fingerprint density at radius 2 is 0.875 bits per heavy atom. The lowest BCUT2D eigenvalue weighted by Crippen LogP contribution is -2.53. The first-order chi connectivity index (χ1) is 23.5. The summed E-state index contributed by atoms with van der Waals surface area (Å²) in [6.45, 7) is 3.95. The van der Waals surface area contributed by atoms with Crippen molar-refractivity contribution < 1.29 is 25.2 Å². The van der Waals surface area contributed by atoms with Gasteiger partial charge in [-0.3, -0.25) is 4.79 Å². The van der Waals surface area contributed by atoms with E-state index in [9.17, 15) is 25.2 Å². The third kappa shape index (κ3) is 30.8. The third-order valence-electron chi connectivity index (χ3n) is 9.63. The molecule has 5 N–H and O–H groups in total. The van der Waals surface area contributed by atoms with Crippen LogP contribution in [0.5, 0.6) is 0 Å². The molecule has 0 aromatic carbocycles. The number of unbranched alkanes of at least 4 members (excludes halogenated alkanes) is 24. The second kappa shape index (κ2) is 37.1. The molecule has 0 heterocycles. The van der Waals surface area contributed by atoms with Gasteiger partial charge < -0.3 is 25.7 Å². The van der Waals surface area contributed by atoms with E-state index < -0.39 is 36.9 Å². The lowest BCUT2D eigenvalue weighted by molar-refractivity contribution is -0.132. The molecule has 0 bridgehead atoms. The van der Waals surface area contributed by atoms with Crippen LogP contribution in [-0.2, 0) is 4.79 Å². The maximum Gasteiger partial charge on any atom is 0.249 e. The van der Waals surface area contributed by atoms with Crippen LogP contribution in [0, 0.1) is 0 Å². The van der Waals surface area contributed by atoms with Crippen LogP contribution < -0.4 is 5.32 Å². The Morgan fingerprint density at radius 1 is 0.500 bits per heavy atom. The predicted octanol–water partition coefficient (Wildman–Crippen LogP) is 10.4. The van der Waals surface area contributed by atoms with E-state index in [1.165, 1.54) is 135 Å². The Kier molecular flexibility index (Phi) is 36.1. The van der Waals surface area contributed by atoms with E-state index >= 15 is 0 Å². The minimum absolute atomic E-state index is 0.361. The second-order valence-electron chi connectivity index (χ2n) is 14.3. The lowest BCUT2D eigenvalue weighted by Gasteiger charge is -2.27. The molecule has 0 aromatic rings. The van der Waals surface area contributed by atoms with Gasteiger partial charge in [-0.25, -0.2) is 0 Å². The van der Waals surface area contributed by atoms with Crippen molar-refractivity contribution >= 4 is 5.91 Å². The molecule has 0 aliphatic heterocycles. The number of hydrogen-bond donors (Lipinski definition) is 5. The molecular formula is C42H81NO5. The van der Waals surface area contributed by atoms with Gasteiger partial charge >= 0.3 is 0 Å². The van der Waals surface area contributed by atoms with E-state index in [0.29, 0.717) is 19.3 Å². The Morgan fingerprint density at radius 3 is 1.31 bits per heavy atom. The second-order valence-corrected chi connectivity index (χ2v) is 14.3. The zero-order chi connectivity index (χ0) is 35.3. The summed E-state index contributed by atoms with van der Waals surface area (Å²) >= 11 is 0. The number of nitrogens with one attached hydrogen (secondary N) is 1. The number of carbonyl (C=O) groups excluding carboxylic acids is 1. The number of allylic oxidation sites excluding steroid dienone is 4. The zero-order valence-electron chi connectivity index (χ0n) is 31.7. The van der Waals surface area contributed by atoms with Crippen LogP contribution in [0.4, 0.5) is 0 Å². The fourth-order valence-electron chi connectivity index (χ4n) is 6.27. The third-order valence-corrected chi connectivity index (χ3v) is 9.63. The molecule has 0 spiro atoms. The van der Waals surface area contributed by atoms with Crippen LogP contribution >= 0.6 is 0 Å². The van der Waals surface area contributed by atoms with E-state index in [1.807, 2.05) is 0 Å². The Labute approximate surface area is 297 Å². The van der Waals surface area contributed by atoms with Crippen LogP contribution in [0.15, 0.2) is 24.3 Å². The van der Waals surface area contributed by atoms with Crippen molar-refractivity contribution in [2.24, 2.45) is 0 Å². The Bertz CT molecular complexity index is 727. The summed E-state index contributed by atoms with van der Waals surface area (Å²) in [4.78, 5) is 12.4. The molecule has 0 radical (unpaired) electrons. The summed E-state index contributed by atoms with van der Waals surface area (Å²) < 4.78 is 0. The first-order valence-corrected chi connectivity index (χ1v) is 20.7. The quantitative estimate of drug-likeness (QED) is 0.0332. The minimum atomic E-state index is -1.28. The van der Waals surface area contributed by atoms with E-state index in [2.05, 4.69) is 43.5 Å². The molecular weight excluding hydrogens is 598 g/mol. The monoisotopic (exact) mass is 680 g/mol. The highest BCUT2D eigenvalue weighted by atomic mass is 16.3. The average molecular weight is 680 g/mol. The Hall–Kier alpha value is -1.21. The molecule has 6 nitrogen and oxygen atoms in total. The molecule has 4 unspecified atom stereocenters. The number of amides is 1. The van der Waals surface area contributed by atoms with Crippen molar-refractivity contribution in [1.82, 2.24) is 5.32 Å². The van der Waals surface area contributed by atoms with Crippen LogP contribution in [0.3, 0.4) is 0 Å². The standard InChI is InChI=1S/C42H81NO5/c1-3-5-7-9-11-12-13-14-15-16-17-18-19-20-21-22-23-24-25-26-27-28-30-32-34-36-40(46)42(48)43-38(37-44)41(47)39(45)35-33-31-29-10-8-6-4-2/h10,20-21,29,38-41,44-47H,3-9,11-19,22-28,30-37H2,1-2H3,(H,43,48)/b21-20-,29-10+. The molecule has 0 rings (SSSR count). The van der Waals surface area contributed by atoms with Crippen molar-refractivity contribution in [3.63, 3.8) is 0 Å². The highest BCUT2D eigenvalue weighted by Crippen LogP contribution is 2.15. The summed E-state index contributed by atoms with van der Waals surface area (Å²) in [5, 5.41) is 43.2. The number of carbonyl (C=O) groups is 1. The largest absolute Gasteiger partial charge is 0.394 e. The highest BCUT2D eigenvalue weighted by molar-refractivity contribution is 5.80.